The highest BCUT2D eigenvalue weighted by Gasteiger charge is 2.14. The summed E-state index contributed by atoms with van der Waals surface area (Å²) in [7, 11) is 1.32. The fraction of sp³-hybridized carbons (Fsp3) is 0.0625. The number of ether oxygens (including phenoxy) is 1. The van der Waals surface area contributed by atoms with Crippen LogP contribution in [0.15, 0.2) is 54.7 Å². The first-order chi connectivity index (χ1) is 10.1. The number of carbonyl (C=O) groups excluding carboxylic acids is 1. The molecule has 0 spiro atoms. The predicted octanol–water partition coefficient (Wildman–Crippen LogP) is 3.39. The molecule has 2 aromatic rings. The minimum atomic E-state index is -0.525. The maximum absolute atomic E-state index is 11.8. The van der Waals surface area contributed by atoms with Crippen LogP contribution in [-0.4, -0.2) is 18.0 Å². The van der Waals surface area contributed by atoms with Gasteiger partial charge in [-0.1, -0.05) is 42.5 Å². The van der Waals surface area contributed by atoms with Crippen molar-refractivity contribution in [1.82, 2.24) is 0 Å². The van der Waals surface area contributed by atoms with Crippen molar-refractivity contribution in [2.75, 3.05) is 7.11 Å². The number of benzene rings is 2. The second-order valence-corrected chi connectivity index (χ2v) is 4.23. The van der Waals surface area contributed by atoms with Gasteiger partial charge in [0.15, 0.2) is 0 Å². The molecule has 0 heterocycles. The van der Waals surface area contributed by atoms with Gasteiger partial charge in [0.25, 0.3) is 0 Å². The van der Waals surface area contributed by atoms with Gasteiger partial charge in [0, 0.05) is 6.08 Å². The Balaban J connectivity index is 2.58. The van der Waals surface area contributed by atoms with Crippen molar-refractivity contribution in [2.24, 2.45) is 0 Å². The van der Waals surface area contributed by atoms with E-state index in [0.29, 0.717) is 16.7 Å². The molecule has 0 fully saturated rings. The number of hydrogen-bond acceptors (Lipinski definition) is 4. The first-order valence-electron chi connectivity index (χ1n) is 6.22. The Bertz CT molecular complexity index is 707. The highest BCUT2D eigenvalue weighted by atomic mass is 16.6. The van der Waals surface area contributed by atoms with E-state index >= 15 is 0 Å². The zero-order chi connectivity index (χ0) is 15.2. The zero-order valence-corrected chi connectivity index (χ0v) is 11.4. The van der Waals surface area contributed by atoms with Crippen molar-refractivity contribution in [3.05, 3.63) is 76.0 Å². The van der Waals surface area contributed by atoms with Crippen LogP contribution in [0.1, 0.15) is 15.9 Å². The lowest BCUT2D eigenvalue weighted by atomic mass is 9.95. The molecule has 0 amide bonds. The van der Waals surface area contributed by atoms with Gasteiger partial charge in [-0.05, 0) is 22.8 Å². The Morgan fingerprint density at radius 3 is 2.38 bits per heavy atom. The zero-order valence-electron chi connectivity index (χ0n) is 11.4. The van der Waals surface area contributed by atoms with Crippen LogP contribution in [0.2, 0.25) is 0 Å². The lowest BCUT2D eigenvalue weighted by Crippen LogP contribution is -2.03. The SMILES string of the molecule is COC(=O)c1ccccc1-c1ccccc1C=C[N+](=O)[O-]. The minimum Gasteiger partial charge on any atom is -0.465 e. The summed E-state index contributed by atoms with van der Waals surface area (Å²) in [4.78, 5) is 21.8. The molecule has 0 bridgehead atoms. The third-order valence-electron chi connectivity index (χ3n) is 2.96. The van der Waals surface area contributed by atoms with Gasteiger partial charge in [-0.25, -0.2) is 4.79 Å². The fourth-order valence-electron chi connectivity index (χ4n) is 2.03. The Labute approximate surface area is 121 Å². The molecule has 5 nitrogen and oxygen atoms in total. The number of hydrogen-bond donors (Lipinski definition) is 0. The molecule has 0 atom stereocenters. The first kappa shape index (κ1) is 14.5. The maximum atomic E-state index is 11.8. The molecule has 0 aliphatic carbocycles. The summed E-state index contributed by atoms with van der Waals surface area (Å²) in [5.74, 6) is -0.446. The lowest BCUT2D eigenvalue weighted by molar-refractivity contribution is -0.400. The van der Waals surface area contributed by atoms with Crippen molar-refractivity contribution in [3.63, 3.8) is 0 Å². The molecule has 106 valence electrons. The molecule has 0 saturated carbocycles. The number of nitro groups is 1. The van der Waals surface area contributed by atoms with Crippen LogP contribution in [0, 0.1) is 10.1 Å². The minimum absolute atomic E-state index is 0.418. The third kappa shape index (κ3) is 3.33. The van der Waals surface area contributed by atoms with E-state index in [2.05, 4.69) is 0 Å². The van der Waals surface area contributed by atoms with Crippen LogP contribution in [-0.2, 0) is 4.74 Å². The van der Waals surface area contributed by atoms with Crippen LogP contribution in [0.4, 0.5) is 0 Å². The van der Waals surface area contributed by atoms with Crippen molar-refractivity contribution >= 4 is 12.0 Å². The van der Waals surface area contributed by atoms with Crippen molar-refractivity contribution in [2.45, 2.75) is 0 Å². The summed E-state index contributed by atoms with van der Waals surface area (Å²) in [5.41, 5.74) is 2.48. The quantitative estimate of drug-likeness (QED) is 0.490. The van der Waals surface area contributed by atoms with E-state index in [4.69, 9.17) is 4.74 Å². The van der Waals surface area contributed by atoms with E-state index in [1.54, 1.807) is 42.5 Å². The van der Waals surface area contributed by atoms with Gasteiger partial charge in [0.1, 0.15) is 0 Å². The van der Waals surface area contributed by atoms with Crippen molar-refractivity contribution in [1.29, 1.82) is 0 Å². The molecule has 21 heavy (non-hydrogen) atoms. The van der Waals surface area contributed by atoms with E-state index in [1.807, 2.05) is 6.07 Å². The third-order valence-corrected chi connectivity index (χ3v) is 2.96. The van der Waals surface area contributed by atoms with E-state index in [1.165, 1.54) is 13.2 Å². The van der Waals surface area contributed by atoms with E-state index < -0.39 is 10.9 Å². The molecule has 5 heteroatoms. The van der Waals surface area contributed by atoms with Crippen LogP contribution in [0.3, 0.4) is 0 Å². The molecule has 0 unspecified atom stereocenters. The molecule has 0 aromatic heterocycles. The topological polar surface area (TPSA) is 69.4 Å². The first-order valence-corrected chi connectivity index (χ1v) is 6.22. The maximum Gasteiger partial charge on any atom is 0.338 e. The van der Waals surface area contributed by atoms with Crippen LogP contribution >= 0.6 is 0 Å². The lowest BCUT2D eigenvalue weighted by Gasteiger charge is -2.10. The Hall–Kier alpha value is -2.95. The smallest absolute Gasteiger partial charge is 0.338 e. The molecule has 0 aliphatic rings. The molecule has 0 saturated heterocycles. The van der Waals surface area contributed by atoms with Crippen LogP contribution in [0.25, 0.3) is 17.2 Å². The summed E-state index contributed by atoms with van der Waals surface area (Å²) < 4.78 is 4.77. The van der Waals surface area contributed by atoms with Crippen LogP contribution < -0.4 is 0 Å². The summed E-state index contributed by atoms with van der Waals surface area (Å²) in [6.07, 6.45) is 2.28. The van der Waals surface area contributed by atoms with Gasteiger partial charge >= 0.3 is 5.97 Å². The molecule has 0 aliphatic heterocycles. The van der Waals surface area contributed by atoms with Gasteiger partial charge in [0.05, 0.1) is 17.6 Å². The summed E-state index contributed by atoms with van der Waals surface area (Å²) in [6, 6.07) is 14.1. The summed E-state index contributed by atoms with van der Waals surface area (Å²) in [6.45, 7) is 0. The van der Waals surface area contributed by atoms with Gasteiger partial charge in [-0.3, -0.25) is 10.1 Å². The number of methoxy groups -OCH3 is 1. The second kappa shape index (κ2) is 6.47. The second-order valence-electron chi connectivity index (χ2n) is 4.23. The number of carbonyl (C=O) groups is 1. The highest BCUT2D eigenvalue weighted by Crippen LogP contribution is 2.28. The molecule has 0 N–H and O–H groups in total. The molecular formula is C16H13NO4. The van der Waals surface area contributed by atoms with E-state index in [9.17, 15) is 14.9 Å². The monoisotopic (exact) mass is 283 g/mol. The van der Waals surface area contributed by atoms with Crippen molar-refractivity contribution in [3.8, 4) is 11.1 Å². The normalized spacial score (nSPS) is 10.5. The predicted molar refractivity (Wildman–Crippen MR) is 79.2 cm³/mol. The fourth-order valence-corrected chi connectivity index (χ4v) is 2.03. The number of nitrogens with zero attached hydrogens (tertiary/aromatic N) is 1. The molecular weight excluding hydrogens is 270 g/mol. The van der Waals surface area contributed by atoms with Crippen LogP contribution in [0.5, 0.6) is 0 Å². The largest absolute Gasteiger partial charge is 0.465 e. The highest BCUT2D eigenvalue weighted by molar-refractivity contribution is 5.98. The van der Waals surface area contributed by atoms with E-state index in [0.717, 1.165) is 11.8 Å². The van der Waals surface area contributed by atoms with Gasteiger partial charge in [0.2, 0.25) is 6.20 Å². The molecule has 0 radical (unpaired) electrons. The summed E-state index contributed by atoms with van der Waals surface area (Å²) in [5, 5.41) is 10.5. The molecule has 2 rings (SSSR count). The Morgan fingerprint density at radius 2 is 1.71 bits per heavy atom. The molecule has 2 aromatic carbocycles. The average Bonchev–Trinajstić information content (AvgIpc) is 2.52. The summed E-state index contributed by atoms with van der Waals surface area (Å²) >= 11 is 0. The average molecular weight is 283 g/mol. The Kier molecular flexibility index (Phi) is 4.46. The van der Waals surface area contributed by atoms with E-state index in [-0.39, 0.29) is 0 Å². The van der Waals surface area contributed by atoms with Gasteiger partial charge in [-0.2, -0.15) is 0 Å². The standard InChI is InChI=1S/C16H13NO4/c1-21-16(18)15-9-5-4-8-14(15)13-7-3-2-6-12(13)10-11-17(19)20/h2-11H,1H3. The van der Waals surface area contributed by atoms with Crippen molar-refractivity contribution < 1.29 is 14.5 Å². The Morgan fingerprint density at radius 1 is 1.10 bits per heavy atom. The van der Waals surface area contributed by atoms with Gasteiger partial charge < -0.3 is 4.74 Å². The number of rotatable bonds is 4. The van der Waals surface area contributed by atoms with Gasteiger partial charge in [-0.15, -0.1) is 0 Å². The number of esters is 1.